The van der Waals surface area contributed by atoms with Crippen LogP contribution in [0.3, 0.4) is 0 Å². The highest BCUT2D eigenvalue weighted by atomic mass is 32.1. The van der Waals surface area contributed by atoms with Crippen LogP contribution >= 0.6 is 11.3 Å². The van der Waals surface area contributed by atoms with Crippen molar-refractivity contribution in [1.29, 1.82) is 0 Å². The number of allylic oxidation sites excluding steroid dienone is 3. The van der Waals surface area contributed by atoms with E-state index >= 15 is 0 Å². The first-order chi connectivity index (χ1) is 19.2. The Labute approximate surface area is 237 Å². The van der Waals surface area contributed by atoms with E-state index in [2.05, 4.69) is 33.3 Å². The molecule has 0 saturated carbocycles. The molecule has 11 heteroatoms. The van der Waals surface area contributed by atoms with Crippen LogP contribution in [0.5, 0.6) is 10.9 Å². The van der Waals surface area contributed by atoms with E-state index in [-0.39, 0.29) is 51.6 Å². The normalized spacial score (nSPS) is 10.8. The van der Waals surface area contributed by atoms with E-state index in [9.17, 15) is 18.4 Å². The van der Waals surface area contributed by atoms with Gasteiger partial charge in [-0.05, 0) is 56.4 Å². The summed E-state index contributed by atoms with van der Waals surface area (Å²) in [5, 5.41) is 10.5. The number of terminal acetylenes is 1. The van der Waals surface area contributed by atoms with Gasteiger partial charge in [0, 0.05) is 29.4 Å². The number of ketones is 1. The van der Waals surface area contributed by atoms with Crippen LogP contribution in [0, 0.1) is 25.6 Å². The fourth-order valence-electron chi connectivity index (χ4n) is 3.23. The highest BCUT2D eigenvalue weighted by Crippen LogP contribution is 2.35. The summed E-state index contributed by atoms with van der Waals surface area (Å²) in [6, 6.07) is 5.99. The van der Waals surface area contributed by atoms with Crippen LogP contribution in [-0.4, -0.2) is 40.6 Å². The monoisotopic (exact) mass is 570 g/mol. The highest BCUT2D eigenvalue weighted by molar-refractivity contribution is 7.17. The number of hydrogen-bond acceptors (Lipinski definition) is 8. The summed E-state index contributed by atoms with van der Waals surface area (Å²) in [7, 11) is 1.42. The molecule has 8 nitrogen and oxygen atoms in total. The number of ether oxygens (including phenoxy) is 2. The van der Waals surface area contributed by atoms with Gasteiger partial charge in [-0.2, -0.15) is 0 Å². The average Bonchev–Trinajstić information content (AvgIpc) is 3.40. The molecule has 1 N–H and O–H groups in total. The molecule has 0 saturated heterocycles. The van der Waals surface area contributed by atoms with Gasteiger partial charge in [0.15, 0.2) is 5.78 Å². The van der Waals surface area contributed by atoms with Gasteiger partial charge in [-0.15, -0.1) is 17.9 Å². The van der Waals surface area contributed by atoms with Crippen LogP contribution < -0.4 is 14.8 Å². The van der Waals surface area contributed by atoms with E-state index in [4.69, 9.17) is 9.47 Å². The Morgan fingerprint density at radius 1 is 1.20 bits per heavy atom. The number of aryl methyl sites for hydroxylation is 1. The third-order valence-electron chi connectivity index (χ3n) is 4.97. The maximum Gasteiger partial charge on any atom is 0.295 e. The molecule has 0 aliphatic carbocycles. The van der Waals surface area contributed by atoms with Gasteiger partial charge >= 0.3 is 0 Å². The minimum Gasteiger partial charge on any atom is -0.496 e. The number of carbonyl (C=O) groups is 2. The zero-order valence-corrected chi connectivity index (χ0v) is 24.1. The molecule has 212 valence electrons. The first-order valence-corrected chi connectivity index (χ1v) is 13.0. The molecule has 0 bridgehead atoms. The van der Waals surface area contributed by atoms with Crippen LogP contribution in [-0.2, 0) is 4.79 Å². The predicted molar refractivity (Wildman–Crippen MR) is 154 cm³/mol. The molecule has 0 aliphatic heterocycles. The molecule has 2 aromatic heterocycles. The van der Waals surface area contributed by atoms with Gasteiger partial charge < -0.3 is 9.47 Å². The lowest BCUT2D eigenvalue weighted by Gasteiger charge is -2.14. The van der Waals surface area contributed by atoms with Crippen LogP contribution in [0.2, 0.25) is 0 Å². The summed E-state index contributed by atoms with van der Waals surface area (Å²) in [5.74, 6) is -1.61. The van der Waals surface area contributed by atoms with Crippen LogP contribution in [0.25, 0.3) is 11.1 Å². The van der Waals surface area contributed by atoms with E-state index in [0.29, 0.717) is 11.3 Å². The number of methoxy groups -OCH3 is 1. The molecule has 1 amide bonds. The first-order valence-electron chi connectivity index (χ1n) is 12.2. The fourth-order valence-corrected chi connectivity index (χ4v) is 3.85. The maximum absolute atomic E-state index is 14.7. The number of nitrogens with one attached hydrogen (secondary N) is 1. The summed E-state index contributed by atoms with van der Waals surface area (Å²) in [6.45, 7) is 8.69. The van der Waals surface area contributed by atoms with E-state index in [1.54, 1.807) is 26.0 Å². The Bertz CT molecular complexity index is 1380. The number of carbonyl (C=O) groups excluding carboxylic acids is 2. The number of Topliss-reactive ketones (excluding diaryl/α,β-unsaturated/α-hetero) is 1. The van der Waals surface area contributed by atoms with Crippen LogP contribution in [0.1, 0.15) is 50.2 Å². The van der Waals surface area contributed by atoms with E-state index < -0.39 is 17.6 Å². The van der Waals surface area contributed by atoms with Crippen molar-refractivity contribution < 1.29 is 27.8 Å². The number of aromatic nitrogens is 3. The Kier molecular flexibility index (Phi) is 14.5. The lowest BCUT2D eigenvalue weighted by molar-refractivity contribution is -0.113. The summed E-state index contributed by atoms with van der Waals surface area (Å²) < 4.78 is 39.4. The fraction of sp³-hybridized carbons (Fsp3) is 0.276. The third-order valence-corrected chi connectivity index (χ3v) is 5.72. The summed E-state index contributed by atoms with van der Waals surface area (Å²) in [5.41, 5.74) is 1.41. The summed E-state index contributed by atoms with van der Waals surface area (Å²) >= 11 is 0.944. The van der Waals surface area contributed by atoms with Crippen molar-refractivity contribution in [2.75, 3.05) is 19.0 Å². The number of pyridine rings is 1. The van der Waals surface area contributed by atoms with Crippen molar-refractivity contribution >= 4 is 28.2 Å². The van der Waals surface area contributed by atoms with Crippen LogP contribution in [0.4, 0.5) is 13.9 Å². The van der Waals surface area contributed by atoms with Gasteiger partial charge in [0.1, 0.15) is 17.4 Å². The van der Waals surface area contributed by atoms with Gasteiger partial charge in [-0.1, -0.05) is 31.1 Å². The Morgan fingerprint density at radius 2 is 1.90 bits per heavy atom. The van der Waals surface area contributed by atoms with Gasteiger partial charge in [-0.25, -0.2) is 8.78 Å². The number of amides is 1. The maximum atomic E-state index is 14.7. The second kappa shape index (κ2) is 17.2. The van der Waals surface area contributed by atoms with Crippen molar-refractivity contribution in [3.05, 3.63) is 71.1 Å². The van der Waals surface area contributed by atoms with E-state index in [0.717, 1.165) is 17.4 Å². The number of benzene rings is 1. The van der Waals surface area contributed by atoms with Gasteiger partial charge in [0.05, 0.1) is 24.8 Å². The predicted octanol–water partition coefficient (Wildman–Crippen LogP) is 6.74. The van der Waals surface area contributed by atoms with Crippen molar-refractivity contribution in [3.8, 4) is 34.9 Å². The van der Waals surface area contributed by atoms with E-state index in [1.807, 2.05) is 13.8 Å². The Morgan fingerprint density at radius 3 is 2.52 bits per heavy atom. The minimum atomic E-state index is -0.581. The molecule has 3 rings (SSSR count). The lowest BCUT2D eigenvalue weighted by atomic mass is 9.98. The highest BCUT2D eigenvalue weighted by Gasteiger charge is 2.21. The number of halogens is 2. The first kappa shape index (κ1) is 33.6. The van der Waals surface area contributed by atoms with Crippen molar-refractivity contribution in [1.82, 2.24) is 15.2 Å². The average molecular weight is 571 g/mol. The molecule has 0 spiro atoms. The second-order valence-electron chi connectivity index (χ2n) is 7.51. The molecule has 0 fully saturated rings. The molecule has 3 aromatic rings. The third kappa shape index (κ3) is 9.39. The van der Waals surface area contributed by atoms with Crippen LogP contribution in [0.15, 0.2) is 54.0 Å². The molecule has 0 unspecified atom stereocenters. The Hall–Kier alpha value is -4.43. The number of nitrogens with zero attached hydrogens (tertiary/aromatic N) is 3. The topological polar surface area (TPSA) is 103 Å². The summed E-state index contributed by atoms with van der Waals surface area (Å²) in [4.78, 5) is 28.6. The van der Waals surface area contributed by atoms with Gasteiger partial charge in [0.25, 0.3) is 11.1 Å². The molecule has 40 heavy (non-hydrogen) atoms. The SMILES string of the molecule is C#C.C/C=C(\C=C(\F)CCOc1nnc(NC(=O)c2cnc(C)cc2-c2c(F)cccc2OC)s1)C(C)=O.CC. The van der Waals surface area contributed by atoms with Crippen molar-refractivity contribution in [3.63, 3.8) is 0 Å². The van der Waals surface area contributed by atoms with Gasteiger partial charge in [-0.3, -0.25) is 19.9 Å². The molecule has 0 atom stereocenters. The van der Waals surface area contributed by atoms with Crippen molar-refractivity contribution in [2.45, 2.75) is 41.0 Å². The van der Waals surface area contributed by atoms with Crippen molar-refractivity contribution in [2.24, 2.45) is 0 Å². The number of hydrogen-bond donors (Lipinski definition) is 1. The van der Waals surface area contributed by atoms with E-state index in [1.165, 1.54) is 38.4 Å². The molecular formula is C29H32F2N4O4S. The largest absolute Gasteiger partial charge is 0.496 e. The molecule has 0 radical (unpaired) electrons. The smallest absolute Gasteiger partial charge is 0.295 e. The number of anilines is 1. The minimum absolute atomic E-state index is 0.0427. The standard InChI is InChI=1S/C25H24F2N4O4S.C2H6.C2H2/c1-5-16(15(3)32)12-17(26)9-10-35-25-31-30-24(36-25)29-23(33)19-13-28-14(2)11-18(19)22-20(27)7-6-8-21(22)34-4;2*1-2/h5-8,11-13H,9-10H2,1-4H3,(H,29,30,33);1-2H3;1-2H/b16-5+,17-12+;;. The Balaban J connectivity index is 0.00000191. The molecule has 1 aromatic carbocycles. The molecule has 2 heterocycles. The second-order valence-corrected chi connectivity index (χ2v) is 8.45. The quantitative estimate of drug-likeness (QED) is 0.164. The summed E-state index contributed by atoms with van der Waals surface area (Å²) in [6.07, 6.45) is 12.0. The zero-order valence-electron chi connectivity index (χ0n) is 23.2. The molecule has 0 aliphatic rings. The number of rotatable bonds is 10. The zero-order chi connectivity index (χ0) is 30.2. The lowest BCUT2D eigenvalue weighted by Crippen LogP contribution is -2.14. The van der Waals surface area contributed by atoms with Gasteiger partial charge in [0.2, 0.25) is 5.13 Å². The molecular weight excluding hydrogens is 538 g/mol.